The minimum Gasteiger partial charge on any atom is -0.315 e. The molecule has 1 aliphatic rings. The summed E-state index contributed by atoms with van der Waals surface area (Å²) in [4.78, 5) is 0. The molecule has 1 heterocycles. The van der Waals surface area contributed by atoms with Crippen molar-refractivity contribution in [1.82, 2.24) is 5.32 Å². The molecule has 54 valence electrons. The highest BCUT2D eigenvalue weighted by molar-refractivity contribution is 7.93. The van der Waals surface area contributed by atoms with Crippen molar-refractivity contribution in [2.45, 2.75) is 0 Å². The minimum absolute atomic E-state index is 0.601. The van der Waals surface area contributed by atoms with Crippen LogP contribution in [0.4, 0.5) is 0 Å². The first kappa shape index (κ1) is 6.98. The van der Waals surface area contributed by atoms with E-state index in [1.54, 1.807) is 0 Å². The molecule has 0 aromatic carbocycles. The Labute approximate surface area is 55.0 Å². The van der Waals surface area contributed by atoms with E-state index in [1.165, 1.54) is 0 Å². The summed E-state index contributed by atoms with van der Waals surface area (Å²) in [7, 11) is -1.99. The van der Waals surface area contributed by atoms with Crippen LogP contribution in [-0.2, 0) is 9.73 Å². The van der Waals surface area contributed by atoms with E-state index in [0.29, 0.717) is 11.5 Å². The second-order valence-corrected chi connectivity index (χ2v) is 4.61. The van der Waals surface area contributed by atoms with Crippen LogP contribution in [0.2, 0.25) is 0 Å². The zero-order valence-corrected chi connectivity index (χ0v) is 5.99. The van der Waals surface area contributed by atoms with Crippen molar-refractivity contribution in [3.05, 3.63) is 0 Å². The van der Waals surface area contributed by atoms with Crippen molar-refractivity contribution in [3.63, 3.8) is 0 Å². The highest BCUT2D eigenvalue weighted by atomic mass is 32.2. The van der Waals surface area contributed by atoms with Crippen LogP contribution in [0.5, 0.6) is 0 Å². The third-order valence-electron chi connectivity index (χ3n) is 1.39. The molecule has 0 saturated carbocycles. The van der Waals surface area contributed by atoms with E-state index in [4.69, 9.17) is 5.84 Å². The zero-order chi connectivity index (χ0) is 6.74. The van der Waals surface area contributed by atoms with Crippen molar-refractivity contribution < 1.29 is 4.21 Å². The molecule has 1 aliphatic heterocycles. The van der Waals surface area contributed by atoms with Crippen molar-refractivity contribution in [2.24, 2.45) is 10.3 Å². The van der Waals surface area contributed by atoms with Gasteiger partial charge in [0.1, 0.15) is 0 Å². The van der Waals surface area contributed by atoms with Crippen LogP contribution in [0, 0.1) is 0 Å². The van der Waals surface area contributed by atoms with Gasteiger partial charge in [0.05, 0.1) is 9.73 Å². The SMILES string of the molecule is NN=S1(=O)CCNCC1. The van der Waals surface area contributed by atoms with Crippen LogP contribution in [0.1, 0.15) is 0 Å². The van der Waals surface area contributed by atoms with Crippen LogP contribution in [-0.4, -0.2) is 28.8 Å². The standard InChI is InChI=1S/C4H11N3OS/c5-7-9(8)3-1-6-2-4-9/h6H,1-5H2. The van der Waals surface area contributed by atoms with Gasteiger partial charge in [-0.2, -0.15) is 4.47 Å². The van der Waals surface area contributed by atoms with Crippen LogP contribution < -0.4 is 11.2 Å². The Balaban J connectivity index is 2.70. The average Bonchev–Trinajstić information content (AvgIpc) is 1.90. The number of nitrogens with zero attached hydrogens (tertiary/aromatic N) is 1. The lowest BCUT2D eigenvalue weighted by Crippen LogP contribution is -2.36. The van der Waals surface area contributed by atoms with Gasteiger partial charge in [-0.05, 0) is 0 Å². The van der Waals surface area contributed by atoms with Gasteiger partial charge < -0.3 is 5.32 Å². The summed E-state index contributed by atoms with van der Waals surface area (Å²) in [6.45, 7) is 1.55. The molecule has 5 heteroatoms. The maximum absolute atomic E-state index is 11.2. The average molecular weight is 149 g/mol. The summed E-state index contributed by atoms with van der Waals surface area (Å²) in [5.74, 6) is 6.16. The molecule has 9 heavy (non-hydrogen) atoms. The van der Waals surface area contributed by atoms with E-state index < -0.39 is 9.73 Å². The third-order valence-corrected chi connectivity index (χ3v) is 3.46. The summed E-state index contributed by atoms with van der Waals surface area (Å²) in [6, 6.07) is 0. The molecule has 0 spiro atoms. The van der Waals surface area contributed by atoms with Gasteiger partial charge in [-0.15, -0.1) is 0 Å². The molecule has 0 aromatic heterocycles. The normalized spacial score (nSPS) is 25.4. The predicted octanol–water partition coefficient (Wildman–Crippen LogP) is -1.07. The number of nitrogens with two attached hydrogens (primary N) is 1. The van der Waals surface area contributed by atoms with Crippen LogP contribution in [0.25, 0.3) is 0 Å². The Morgan fingerprint density at radius 2 is 2.00 bits per heavy atom. The molecule has 0 aliphatic carbocycles. The molecule has 4 nitrogen and oxygen atoms in total. The number of rotatable bonds is 0. The Morgan fingerprint density at radius 3 is 2.33 bits per heavy atom. The molecule has 1 rings (SSSR count). The fourth-order valence-corrected chi connectivity index (χ4v) is 2.14. The summed E-state index contributed by atoms with van der Waals surface area (Å²) in [5, 5.41) is 3.08. The monoisotopic (exact) mass is 149 g/mol. The highest BCUT2D eigenvalue weighted by Crippen LogP contribution is 1.96. The van der Waals surface area contributed by atoms with Crippen LogP contribution >= 0.6 is 0 Å². The summed E-state index contributed by atoms with van der Waals surface area (Å²) in [6.07, 6.45) is 0. The van der Waals surface area contributed by atoms with Gasteiger partial charge in [-0.1, -0.05) is 0 Å². The summed E-state index contributed by atoms with van der Waals surface area (Å²) >= 11 is 0. The predicted molar refractivity (Wildman–Crippen MR) is 37.4 cm³/mol. The van der Waals surface area contributed by atoms with E-state index in [0.717, 1.165) is 13.1 Å². The molecular weight excluding hydrogens is 138 g/mol. The molecular formula is C4H11N3OS. The van der Waals surface area contributed by atoms with Gasteiger partial charge in [0.15, 0.2) is 0 Å². The molecule has 1 fully saturated rings. The Morgan fingerprint density at radius 1 is 1.44 bits per heavy atom. The first-order valence-electron chi connectivity index (χ1n) is 2.89. The highest BCUT2D eigenvalue weighted by Gasteiger charge is 2.11. The molecule has 0 bridgehead atoms. The molecule has 0 amide bonds. The Hall–Kier alpha value is -0.130. The lowest BCUT2D eigenvalue weighted by molar-refractivity contribution is 0.650. The van der Waals surface area contributed by atoms with Gasteiger partial charge >= 0.3 is 0 Å². The molecule has 0 atom stereocenters. The lowest BCUT2D eigenvalue weighted by Gasteiger charge is -2.14. The van der Waals surface area contributed by atoms with E-state index in [9.17, 15) is 4.21 Å². The quantitative estimate of drug-likeness (QED) is 0.340. The zero-order valence-electron chi connectivity index (χ0n) is 5.17. The minimum atomic E-state index is -1.99. The van der Waals surface area contributed by atoms with E-state index in [1.807, 2.05) is 0 Å². The van der Waals surface area contributed by atoms with Crippen LogP contribution in [0.3, 0.4) is 0 Å². The van der Waals surface area contributed by atoms with Gasteiger partial charge in [0.2, 0.25) is 0 Å². The number of hydrogen-bond acceptors (Lipinski definition) is 3. The Bertz CT molecular complexity index is 182. The summed E-state index contributed by atoms with van der Waals surface area (Å²) < 4.78 is 14.6. The lowest BCUT2D eigenvalue weighted by atomic mass is 10.6. The van der Waals surface area contributed by atoms with Gasteiger partial charge in [-0.3, -0.25) is 0 Å². The fraction of sp³-hybridized carbons (Fsp3) is 1.00. The Kier molecular flexibility index (Phi) is 2.05. The molecule has 3 N–H and O–H groups in total. The van der Waals surface area contributed by atoms with Crippen molar-refractivity contribution in [1.29, 1.82) is 0 Å². The third kappa shape index (κ3) is 1.64. The molecule has 0 aromatic rings. The second-order valence-electron chi connectivity index (χ2n) is 2.04. The maximum atomic E-state index is 11.2. The number of nitrogens with one attached hydrogen (secondary N) is 1. The smallest absolute Gasteiger partial charge is 0.0659 e. The van der Waals surface area contributed by atoms with Crippen molar-refractivity contribution in [3.8, 4) is 0 Å². The summed E-state index contributed by atoms with van der Waals surface area (Å²) in [5.41, 5.74) is 0. The van der Waals surface area contributed by atoms with E-state index in [2.05, 4.69) is 9.79 Å². The second kappa shape index (κ2) is 2.64. The van der Waals surface area contributed by atoms with Crippen molar-refractivity contribution >= 4 is 9.73 Å². The van der Waals surface area contributed by atoms with Crippen LogP contribution in [0.15, 0.2) is 4.47 Å². The topological polar surface area (TPSA) is 67.5 Å². The molecule has 0 unspecified atom stereocenters. The maximum Gasteiger partial charge on any atom is 0.0659 e. The molecule has 0 radical (unpaired) electrons. The van der Waals surface area contributed by atoms with Gasteiger partial charge in [-0.25, -0.2) is 10.1 Å². The van der Waals surface area contributed by atoms with Gasteiger partial charge in [0.25, 0.3) is 0 Å². The fourth-order valence-electron chi connectivity index (χ4n) is 0.796. The molecule has 1 saturated heterocycles. The first-order valence-corrected chi connectivity index (χ1v) is 4.75. The largest absolute Gasteiger partial charge is 0.315 e. The van der Waals surface area contributed by atoms with E-state index in [-0.39, 0.29) is 0 Å². The first-order chi connectivity index (χ1) is 4.27. The van der Waals surface area contributed by atoms with Crippen molar-refractivity contribution in [2.75, 3.05) is 24.6 Å². The number of hydrogen-bond donors (Lipinski definition) is 2. The van der Waals surface area contributed by atoms with E-state index >= 15 is 0 Å². The van der Waals surface area contributed by atoms with Gasteiger partial charge in [0, 0.05) is 24.6 Å².